The molecule has 0 aromatic carbocycles. The Hall–Kier alpha value is -2.46. The molecule has 0 saturated carbocycles. The zero-order valence-electron chi connectivity index (χ0n) is 58.1. The minimum absolute atomic E-state index is 0.0837. The van der Waals surface area contributed by atoms with Gasteiger partial charge in [-0.1, -0.05) is 278 Å². The number of phosphoric acid groups is 2. The molecule has 0 bridgehead atoms. The van der Waals surface area contributed by atoms with Gasteiger partial charge in [-0.05, 0) is 69.1 Å². The predicted molar refractivity (Wildman–Crippen MR) is 363 cm³/mol. The van der Waals surface area contributed by atoms with E-state index in [1.807, 2.05) is 0 Å². The van der Waals surface area contributed by atoms with Crippen LogP contribution in [0.4, 0.5) is 0 Å². The van der Waals surface area contributed by atoms with E-state index in [-0.39, 0.29) is 25.7 Å². The summed E-state index contributed by atoms with van der Waals surface area (Å²) in [6, 6.07) is 0. The zero-order chi connectivity index (χ0) is 66.6. The lowest BCUT2D eigenvalue weighted by Crippen LogP contribution is -2.30. The SMILES string of the molecule is CCCCCC/C=C\C=C/CCCCCCCC(=O)O[C@H](COC(=O)CCCCCCCCCC(C)C)COP(=O)(O)OCC(O)COP(=O)(O)OC[C@@H](COC(=O)CCCCCCCCCCCCCCC(C)C)OC(=O)CCCCCCCCCC(C)C. The highest BCUT2D eigenvalue weighted by Gasteiger charge is 2.30. The van der Waals surface area contributed by atoms with Crippen molar-refractivity contribution in [2.24, 2.45) is 17.8 Å². The molecule has 90 heavy (non-hydrogen) atoms. The fourth-order valence-corrected chi connectivity index (χ4v) is 11.8. The first kappa shape index (κ1) is 87.5. The Morgan fingerprint density at radius 1 is 0.344 bits per heavy atom. The van der Waals surface area contributed by atoms with Gasteiger partial charge in [-0.15, -0.1) is 0 Å². The highest BCUT2D eigenvalue weighted by molar-refractivity contribution is 7.47. The van der Waals surface area contributed by atoms with Crippen molar-refractivity contribution in [3.05, 3.63) is 24.3 Å². The van der Waals surface area contributed by atoms with Crippen molar-refractivity contribution in [3.8, 4) is 0 Å². The lowest BCUT2D eigenvalue weighted by atomic mass is 10.0. The first-order valence-corrected chi connectivity index (χ1v) is 39.2. The highest BCUT2D eigenvalue weighted by atomic mass is 31.2. The molecule has 0 saturated heterocycles. The number of hydrogen-bond donors (Lipinski definition) is 3. The summed E-state index contributed by atoms with van der Waals surface area (Å²) in [5.74, 6) is 0.0172. The third kappa shape index (κ3) is 64.3. The van der Waals surface area contributed by atoms with Crippen LogP contribution in [0.5, 0.6) is 0 Å². The van der Waals surface area contributed by atoms with Crippen LogP contribution in [0.1, 0.15) is 331 Å². The predicted octanol–water partition coefficient (Wildman–Crippen LogP) is 19.8. The molecule has 0 aliphatic heterocycles. The van der Waals surface area contributed by atoms with Crippen molar-refractivity contribution in [1.82, 2.24) is 0 Å². The normalized spacial score (nSPS) is 14.4. The third-order valence-corrected chi connectivity index (χ3v) is 17.7. The van der Waals surface area contributed by atoms with E-state index in [2.05, 4.69) is 72.8 Å². The van der Waals surface area contributed by atoms with E-state index in [0.717, 1.165) is 115 Å². The number of allylic oxidation sites excluding steroid dienone is 4. The number of carbonyl (C=O) groups is 4. The average Bonchev–Trinajstić information content (AvgIpc) is 2.96. The van der Waals surface area contributed by atoms with Gasteiger partial charge in [0.05, 0.1) is 26.4 Å². The molecular weight excluding hydrogens is 1190 g/mol. The molecule has 17 nitrogen and oxygen atoms in total. The second-order valence-electron chi connectivity index (χ2n) is 26.4. The van der Waals surface area contributed by atoms with Crippen LogP contribution < -0.4 is 0 Å². The van der Waals surface area contributed by atoms with Crippen LogP contribution in [-0.4, -0.2) is 96.7 Å². The number of ether oxygens (including phenoxy) is 4. The molecule has 5 atom stereocenters. The monoisotopic (exact) mass is 1320 g/mol. The van der Waals surface area contributed by atoms with Crippen LogP contribution in [0.25, 0.3) is 0 Å². The van der Waals surface area contributed by atoms with Gasteiger partial charge in [-0.25, -0.2) is 9.13 Å². The first-order chi connectivity index (χ1) is 43.2. The molecular formula is C71H134O17P2. The number of aliphatic hydroxyl groups excluding tert-OH is 1. The third-order valence-electron chi connectivity index (χ3n) is 15.8. The second kappa shape index (κ2) is 61.4. The van der Waals surface area contributed by atoms with Crippen LogP contribution in [0.3, 0.4) is 0 Å². The summed E-state index contributed by atoms with van der Waals surface area (Å²) < 4.78 is 68.2. The summed E-state index contributed by atoms with van der Waals surface area (Å²) in [5.41, 5.74) is 0. The molecule has 3 unspecified atom stereocenters. The van der Waals surface area contributed by atoms with E-state index in [9.17, 15) is 43.2 Å². The van der Waals surface area contributed by atoms with E-state index in [0.29, 0.717) is 37.5 Å². The van der Waals surface area contributed by atoms with Crippen molar-refractivity contribution in [2.45, 2.75) is 349 Å². The molecule has 0 aliphatic carbocycles. The van der Waals surface area contributed by atoms with Crippen LogP contribution in [0, 0.1) is 17.8 Å². The number of unbranched alkanes of at least 4 members (excludes halogenated alkanes) is 32. The van der Waals surface area contributed by atoms with E-state index < -0.39 is 97.5 Å². The standard InChI is InChI=1S/C71H134O17P2/c1-8-9-10-11-12-13-14-15-16-17-22-25-32-40-47-54-70(75)87-66(59-82-69(74)53-46-39-33-26-29-36-43-50-63(4)5)60-85-89(77,78)83-56-65(72)57-84-90(79,80)86-61-67(88-71(76)55-48-41-34-27-30-37-44-51-64(6)7)58-81-68(73)52-45-38-31-24-21-19-18-20-23-28-35-42-49-62(2)3/h13-16,62-67,72H,8-12,17-61H2,1-7H3,(H,77,78)(H,79,80)/b14-13-,16-15-/t65?,66-,67-/m1/s1. The molecule has 0 aliphatic rings. The lowest BCUT2D eigenvalue weighted by Gasteiger charge is -2.21. The Balaban J connectivity index is 5.26. The summed E-state index contributed by atoms with van der Waals surface area (Å²) in [5, 5.41) is 10.6. The van der Waals surface area contributed by atoms with Gasteiger partial charge in [-0.2, -0.15) is 0 Å². The smallest absolute Gasteiger partial charge is 0.462 e. The largest absolute Gasteiger partial charge is 0.472 e. The minimum Gasteiger partial charge on any atom is -0.462 e. The van der Waals surface area contributed by atoms with E-state index in [1.54, 1.807) is 0 Å². The zero-order valence-corrected chi connectivity index (χ0v) is 59.9. The molecule has 0 aromatic heterocycles. The molecule has 0 rings (SSSR count). The maximum Gasteiger partial charge on any atom is 0.472 e. The van der Waals surface area contributed by atoms with E-state index in [1.165, 1.54) is 122 Å². The second-order valence-corrected chi connectivity index (χ2v) is 29.3. The van der Waals surface area contributed by atoms with Gasteiger partial charge < -0.3 is 33.8 Å². The topological polar surface area (TPSA) is 237 Å². The molecule has 3 N–H and O–H groups in total. The Morgan fingerprint density at radius 2 is 0.600 bits per heavy atom. The molecule has 0 amide bonds. The van der Waals surface area contributed by atoms with Crippen LogP contribution >= 0.6 is 15.6 Å². The molecule has 19 heteroatoms. The minimum atomic E-state index is -4.96. The van der Waals surface area contributed by atoms with Gasteiger partial charge in [0.15, 0.2) is 12.2 Å². The number of phosphoric ester groups is 2. The van der Waals surface area contributed by atoms with E-state index in [4.69, 9.17) is 37.0 Å². The molecule has 530 valence electrons. The Morgan fingerprint density at radius 3 is 0.900 bits per heavy atom. The summed E-state index contributed by atoms with van der Waals surface area (Å²) in [6.45, 7) is 11.7. The number of hydrogen-bond acceptors (Lipinski definition) is 15. The molecule has 0 spiro atoms. The Bertz CT molecular complexity index is 1860. The highest BCUT2D eigenvalue weighted by Crippen LogP contribution is 2.45. The number of aliphatic hydroxyl groups is 1. The van der Waals surface area contributed by atoms with Crippen molar-refractivity contribution < 1.29 is 80.2 Å². The summed E-state index contributed by atoms with van der Waals surface area (Å²) in [4.78, 5) is 72.5. The summed E-state index contributed by atoms with van der Waals surface area (Å²) in [6.07, 6.45) is 48.2. The Kier molecular flexibility index (Phi) is 59.7. The fraction of sp³-hybridized carbons (Fsp3) is 0.887. The van der Waals surface area contributed by atoms with E-state index >= 15 is 0 Å². The maximum absolute atomic E-state index is 13.0. The number of rotatable bonds is 67. The maximum atomic E-state index is 13.0. The van der Waals surface area contributed by atoms with Crippen molar-refractivity contribution in [1.29, 1.82) is 0 Å². The van der Waals surface area contributed by atoms with Crippen LogP contribution in [0.15, 0.2) is 24.3 Å². The van der Waals surface area contributed by atoms with Gasteiger partial charge in [-0.3, -0.25) is 37.3 Å². The quantitative estimate of drug-likeness (QED) is 0.0169. The van der Waals surface area contributed by atoms with Gasteiger partial charge in [0.25, 0.3) is 0 Å². The van der Waals surface area contributed by atoms with Crippen molar-refractivity contribution in [3.63, 3.8) is 0 Å². The molecule has 0 heterocycles. The van der Waals surface area contributed by atoms with Gasteiger partial charge in [0, 0.05) is 25.7 Å². The Labute approximate surface area is 548 Å². The van der Waals surface area contributed by atoms with Crippen molar-refractivity contribution in [2.75, 3.05) is 39.6 Å². The summed E-state index contributed by atoms with van der Waals surface area (Å²) in [7, 11) is -9.91. The van der Waals surface area contributed by atoms with Gasteiger partial charge in [0.1, 0.15) is 19.3 Å². The van der Waals surface area contributed by atoms with Crippen molar-refractivity contribution >= 4 is 39.5 Å². The molecule has 0 aromatic rings. The van der Waals surface area contributed by atoms with Gasteiger partial charge in [0.2, 0.25) is 0 Å². The molecule has 0 fully saturated rings. The fourth-order valence-electron chi connectivity index (χ4n) is 10.2. The lowest BCUT2D eigenvalue weighted by molar-refractivity contribution is -0.161. The van der Waals surface area contributed by atoms with Gasteiger partial charge >= 0.3 is 39.5 Å². The first-order valence-electron chi connectivity index (χ1n) is 36.2. The molecule has 0 radical (unpaired) electrons. The van der Waals surface area contributed by atoms with Crippen LogP contribution in [-0.2, 0) is 65.4 Å². The summed E-state index contributed by atoms with van der Waals surface area (Å²) >= 11 is 0. The average molecular weight is 1320 g/mol. The number of carbonyl (C=O) groups excluding carboxylic acids is 4. The number of esters is 4. The van der Waals surface area contributed by atoms with Crippen LogP contribution in [0.2, 0.25) is 0 Å².